The molecule has 15 heavy (non-hydrogen) atoms. The van der Waals surface area contributed by atoms with Crippen molar-refractivity contribution < 1.29 is 9.31 Å². The Balaban J connectivity index is 2.86. The normalized spacial score (nSPS) is 24.1. The molecule has 0 spiro atoms. The van der Waals surface area contributed by atoms with Crippen LogP contribution in [0.15, 0.2) is 24.3 Å². The molecule has 1 saturated heterocycles. The summed E-state index contributed by atoms with van der Waals surface area (Å²) in [6, 6.07) is 0. The summed E-state index contributed by atoms with van der Waals surface area (Å²) < 4.78 is 11.7. The van der Waals surface area contributed by atoms with E-state index in [1.54, 1.807) is 6.08 Å². The van der Waals surface area contributed by atoms with Crippen LogP contribution < -0.4 is 5.32 Å². The highest BCUT2D eigenvalue weighted by Gasteiger charge is 2.51. The van der Waals surface area contributed by atoms with Crippen molar-refractivity contribution >= 4 is 7.12 Å². The Kier molecular flexibility index (Phi) is 3.31. The molecule has 1 aliphatic rings. The lowest BCUT2D eigenvalue weighted by Gasteiger charge is -2.32. The van der Waals surface area contributed by atoms with Gasteiger partial charge >= 0.3 is 7.12 Å². The maximum Gasteiger partial charge on any atom is 0.496 e. The van der Waals surface area contributed by atoms with Gasteiger partial charge in [-0.1, -0.05) is 12.7 Å². The van der Waals surface area contributed by atoms with Gasteiger partial charge in [-0.05, 0) is 39.4 Å². The minimum atomic E-state index is -0.333. The van der Waals surface area contributed by atoms with Crippen LogP contribution in [-0.4, -0.2) is 25.4 Å². The molecule has 1 N–H and O–H groups in total. The van der Waals surface area contributed by atoms with Crippen molar-refractivity contribution in [2.45, 2.75) is 38.9 Å². The Labute approximate surface area is 92.7 Å². The molecular weight excluding hydrogens is 189 g/mol. The maximum atomic E-state index is 5.87. The van der Waals surface area contributed by atoms with Crippen LogP contribution in [0.5, 0.6) is 0 Å². The molecule has 0 atom stereocenters. The fourth-order valence-corrected chi connectivity index (χ4v) is 1.37. The smallest absolute Gasteiger partial charge is 0.399 e. The molecule has 3 nitrogen and oxygen atoms in total. The summed E-state index contributed by atoms with van der Waals surface area (Å²) in [4.78, 5) is 0. The average molecular weight is 209 g/mol. The highest BCUT2D eigenvalue weighted by molar-refractivity contribution is 6.55. The number of rotatable bonds is 3. The molecule has 1 rings (SSSR count). The zero-order valence-corrected chi connectivity index (χ0v) is 10.3. The largest absolute Gasteiger partial charge is 0.496 e. The second kappa shape index (κ2) is 4.03. The van der Waals surface area contributed by atoms with E-state index in [1.165, 1.54) is 0 Å². The molecule has 0 aromatic carbocycles. The fraction of sp³-hybridized carbons (Fsp3) is 0.636. The van der Waals surface area contributed by atoms with E-state index in [1.807, 2.05) is 40.9 Å². The van der Waals surface area contributed by atoms with E-state index in [0.717, 1.165) is 5.47 Å². The second-order valence-corrected chi connectivity index (χ2v) is 4.73. The molecule has 84 valence electrons. The van der Waals surface area contributed by atoms with Crippen LogP contribution in [0.4, 0.5) is 0 Å². The van der Waals surface area contributed by atoms with Crippen molar-refractivity contribution in [1.82, 2.24) is 5.32 Å². The summed E-state index contributed by atoms with van der Waals surface area (Å²) in [5.41, 5.74) is 0.317. The summed E-state index contributed by atoms with van der Waals surface area (Å²) in [6.45, 7) is 11.9. The Morgan fingerprint density at radius 1 is 1.20 bits per heavy atom. The van der Waals surface area contributed by atoms with E-state index in [-0.39, 0.29) is 18.3 Å². The SMILES string of the molecule is C=C/C(=C\NC)B1OC(C)(C)C(C)(C)O1. The van der Waals surface area contributed by atoms with E-state index in [2.05, 4.69) is 11.9 Å². The van der Waals surface area contributed by atoms with Crippen molar-refractivity contribution in [2.75, 3.05) is 7.05 Å². The Bertz CT molecular complexity index is 268. The van der Waals surface area contributed by atoms with E-state index >= 15 is 0 Å². The molecule has 0 saturated carbocycles. The highest BCUT2D eigenvalue weighted by atomic mass is 16.7. The molecule has 0 bridgehead atoms. The van der Waals surface area contributed by atoms with Gasteiger partial charge in [-0.2, -0.15) is 0 Å². The third kappa shape index (κ3) is 2.26. The van der Waals surface area contributed by atoms with Gasteiger partial charge in [0.25, 0.3) is 0 Å². The van der Waals surface area contributed by atoms with Gasteiger partial charge in [-0.3, -0.25) is 0 Å². The van der Waals surface area contributed by atoms with Gasteiger partial charge in [-0.15, -0.1) is 0 Å². The van der Waals surface area contributed by atoms with Crippen LogP contribution in [-0.2, 0) is 9.31 Å². The zero-order chi connectivity index (χ0) is 11.7. The van der Waals surface area contributed by atoms with Crippen molar-refractivity contribution in [3.05, 3.63) is 24.3 Å². The molecule has 0 aromatic rings. The predicted molar refractivity (Wildman–Crippen MR) is 63.4 cm³/mol. The monoisotopic (exact) mass is 209 g/mol. The molecule has 0 amide bonds. The molecular formula is C11H20BNO2. The van der Waals surface area contributed by atoms with Crippen LogP contribution in [0, 0.1) is 0 Å². The maximum absolute atomic E-state index is 5.87. The van der Waals surface area contributed by atoms with E-state index < -0.39 is 0 Å². The first-order valence-electron chi connectivity index (χ1n) is 5.19. The summed E-state index contributed by atoms with van der Waals surface area (Å²) in [7, 11) is 1.51. The molecule has 1 aliphatic heterocycles. The number of allylic oxidation sites excluding steroid dienone is 2. The highest BCUT2D eigenvalue weighted by Crippen LogP contribution is 2.38. The fourth-order valence-electron chi connectivity index (χ4n) is 1.37. The average Bonchev–Trinajstić information content (AvgIpc) is 2.32. The Morgan fingerprint density at radius 2 is 1.67 bits per heavy atom. The number of nitrogens with one attached hydrogen (secondary N) is 1. The van der Waals surface area contributed by atoms with Crippen LogP contribution >= 0.6 is 0 Å². The molecule has 0 aromatic heterocycles. The van der Waals surface area contributed by atoms with Crippen molar-refractivity contribution in [3.8, 4) is 0 Å². The number of hydrogen-bond donors (Lipinski definition) is 1. The molecule has 4 heteroatoms. The lowest BCUT2D eigenvalue weighted by molar-refractivity contribution is 0.00578. The zero-order valence-electron chi connectivity index (χ0n) is 10.3. The standard InChI is InChI=1S/C11H20BNO2/c1-7-9(8-13-6)12-14-10(2,3)11(4,5)15-12/h7-8,13H,1H2,2-6H3/b9-8+. The summed E-state index contributed by atoms with van der Waals surface area (Å²) in [5, 5.41) is 2.96. The minimum Gasteiger partial charge on any atom is -0.399 e. The van der Waals surface area contributed by atoms with E-state index in [4.69, 9.17) is 9.31 Å². The van der Waals surface area contributed by atoms with Crippen LogP contribution in [0.25, 0.3) is 0 Å². The number of hydrogen-bond acceptors (Lipinski definition) is 3. The van der Waals surface area contributed by atoms with Crippen LogP contribution in [0.1, 0.15) is 27.7 Å². The van der Waals surface area contributed by atoms with Crippen molar-refractivity contribution in [3.63, 3.8) is 0 Å². The minimum absolute atomic E-state index is 0.298. The van der Waals surface area contributed by atoms with Crippen LogP contribution in [0.2, 0.25) is 0 Å². The summed E-state index contributed by atoms with van der Waals surface area (Å²) >= 11 is 0. The predicted octanol–water partition coefficient (Wildman–Crippen LogP) is 1.91. The Hall–Kier alpha value is -0.735. The van der Waals surface area contributed by atoms with E-state index in [9.17, 15) is 0 Å². The molecule has 1 fully saturated rings. The molecule has 0 radical (unpaired) electrons. The third-order valence-corrected chi connectivity index (χ3v) is 3.07. The van der Waals surface area contributed by atoms with Gasteiger partial charge in [0.15, 0.2) is 0 Å². The Morgan fingerprint density at radius 3 is 2.00 bits per heavy atom. The van der Waals surface area contributed by atoms with Gasteiger partial charge in [-0.25, -0.2) is 0 Å². The lowest BCUT2D eigenvalue weighted by Crippen LogP contribution is -2.41. The second-order valence-electron chi connectivity index (χ2n) is 4.73. The molecule has 0 unspecified atom stereocenters. The first-order valence-corrected chi connectivity index (χ1v) is 5.19. The van der Waals surface area contributed by atoms with Crippen LogP contribution in [0.3, 0.4) is 0 Å². The van der Waals surface area contributed by atoms with Crippen molar-refractivity contribution in [2.24, 2.45) is 0 Å². The first-order chi connectivity index (χ1) is 6.84. The van der Waals surface area contributed by atoms with Gasteiger partial charge in [0.1, 0.15) is 0 Å². The van der Waals surface area contributed by atoms with Gasteiger partial charge in [0, 0.05) is 7.05 Å². The van der Waals surface area contributed by atoms with Crippen molar-refractivity contribution in [1.29, 1.82) is 0 Å². The summed E-state index contributed by atoms with van der Waals surface area (Å²) in [6.07, 6.45) is 3.59. The molecule has 0 aliphatic carbocycles. The first kappa shape index (κ1) is 12.3. The van der Waals surface area contributed by atoms with E-state index in [0.29, 0.717) is 0 Å². The van der Waals surface area contributed by atoms with Gasteiger partial charge in [0.05, 0.1) is 11.2 Å². The summed E-state index contributed by atoms with van der Waals surface area (Å²) in [5.74, 6) is 0. The van der Waals surface area contributed by atoms with Gasteiger partial charge < -0.3 is 14.6 Å². The topological polar surface area (TPSA) is 30.5 Å². The third-order valence-electron chi connectivity index (χ3n) is 3.07. The van der Waals surface area contributed by atoms with Gasteiger partial charge in [0.2, 0.25) is 0 Å². The quantitative estimate of drug-likeness (QED) is 0.568. The molecule has 1 heterocycles. The lowest BCUT2D eigenvalue weighted by atomic mass is 9.79.